The van der Waals surface area contributed by atoms with Crippen LogP contribution in [0.5, 0.6) is 0 Å². The normalized spacial score (nSPS) is 28.9. The molecule has 2 aliphatic rings. The highest BCUT2D eigenvalue weighted by molar-refractivity contribution is 5.11. The highest BCUT2D eigenvalue weighted by Crippen LogP contribution is 2.54. The van der Waals surface area contributed by atoms with E-state index in [4.69, 9.17) is 5.73 Å². The molecule has 3 heteroatoms. The zero-order valence-corrected chi connectivity index (χ0v) is 11.1. The van der Waals surface area contributed by atoms with E-state index in [0.717, 1.165) is 13.1 Å². The van der Waals surface area contributed by atoms with Gasteiger partial charge >= 0.3 is 0 Å². The van der Waals surface area contributed by atoms with Crippen LogP contribution in [-0.4, -0.2) is 42.7 Å². The van der Waals surface area contributed by atoms with Gasteiger partial charge in [0.05, 0.1) is 0 Å². The zero-order chi connectivity index (χ0) is 11.8. The molecule has 1 heterocycles. The Kier molecular flexibility index (Phi) is 3.30. The van der Waals surface area contributed by atoms with Crippen molar-refractivity contribution in [2.24, 2.45) is 11.1 Å². The first-order valence-corrected chi connectivity index (χ1v) is 6.72. The van der Waals surface area contributed by atoms with Gasteiger partial charge in [-0.25, -0.2) is 0 Å². The molecular weight excluding hydrogens is 198 g/mol. The number of likely N-dealkylation sites (tertiary alicyclic amines) is 1. The van der Waals surface area contributed by atoms with Crippen molar-refractivity contribution in [1.82, 2.24) is 10.2 Å². The van der Waals surface area contributed by atoms with Crippen molar-refractivity contribution in [3.05, 3.63) is 0 Å². The van der Waals surface area contributed by atoms with Gasteiger partial charge in [-0.05, 0) is 38.5 Å². The highest BCUT2D eigenvalue weighted by Gasteiger charge is 2.56. The van der Waals surface area contributed by atoms with Crippen molar-refractivity contribution in [3.8, 4) is 0 Å². The summed E-state index contributed by atoms with van der Waals surface area (Å²) in [6.07, 6.45) is 4.05. The van der Waals surface area contributed by atoms with Crippen LogP contribution in [0, 0.1) is 5.41 Å². The van der Waals surface area contributed by atoms with Crippen LogP contribution in [0.1, 0.15) is 40.0 Å². The quantitative estimate of drug-likeness (QED) is 0.738. The van der Waals surface area contributed by atoms with Crippen LogP contribution in [0.3, 0.4) is 0 Å². The lowest BCUT2D eigenvalue weighted by atomic mass is 9.99. The third kappa shape index (κ3) is 2.13. The Morgan fingerprint density at radius 1 is 1.44 bits per heavy atom. The summed E-state index contributed by atoms with van der Waals surface area (Å²) in [7, 11) is 0. The molecule has 2 rings (SSSR count). The molecule has 16 heavy (non-hydrogen) atoms. The molecule has 3 N–H and O–H groups in total. The van der Waals surface area contributed by atoms with E-state index in [9.17, 15) is 0 Å². The summed E-state index contributed by atoms with van der Waals surface area (Å²) in [5, 5.41) is 3.64. The Morgan fingerprint density at radius 3 is 2.62 bits per heavy atom. The van der Waals surface area contributed by atoms with Gasteiger partial charge in [-0.15, -0.1) is 0 Å². The lowest BCUT2D eigenvalue weighted by Crippen LogP contribution is -2.44. The van der Waals surface area contributed by atoms with E-state index in [1.807, 2.05) is 0 Å². The van der Waals surface area contributed by atoms with Crippen molar-refractivity contribution in [1.29, 1.82) is 0 Å². The maximum absolute atomic E-state index is 5.59. The molecule has 3 nitrogen and oxygen atoms in total. The predicted molar refractivity (Wildman–Crippen MR) is 68.5 cm³/mol. The minimum Gasteiger partial charge on any atom is -0.329 e. The summed E-state index contributed by atoms with van der Waals surface area (Å²) in [6, 6.07) is 0.682. The molecule has 1 saturated carbocycles. The van der Waals surface area contributed by atoms with E-state index >= 15 is 0 Å². The van der Waals surface area contributed by atoms with Gasteiger partial charge in [0.25, 0.3) is 0 Å². The molecular formula is C13H27N3. The number of nitrogens with zero attached hydrogens (tertiary/aromatic N) is 1. The first kappa shape index (κ1) is 12.3. The number of hydrogen-bond donors (Lipinski definition) is 2. The van der Waals surface area contributed by atoms with Crippen molar-refractivity contribution in [2.45, 2.75) is 51.6 Å². The topological polar surface area (TPSA) is 41.3 Å². The fourth-order valence-electron chi connectivity index (χ4n) is 2.86. The van der Waals surface area contributed by atoms with Crippen molar-refractivity contribution >= 4 is 0 Å². The maximum Gasteiger partial charge on any atom is 0.0264 e. The third-order valence-corrected chi connectivity index (χ3v) is 4.80. The molecule has 2 fully saturated rings. The van der Waals surface area contributed by atoms with Gasteiger partial charge in [0.2, 0.25) is 0 Å². The highest BCUT2D eigenvalue weighted by atomic mass is 15.3. The van der Waals surface area contributed by atoms with Crippen molar-refractivity contribution in [2.75, 3.05) is 26.2 Å². The van der Waals surface area contributed by atoms with Crippen molar-refractivity contribution < 1.29 is 0 Å². The molecule has 0 aromatic carbocycles. The third-order valence-electron chi connectivity index (χ3n) is 4.80. The number of nitrogens with two attached hydrogens (primary N) is 1. The molecule has 0 aromatic heterocycles. The summed E-state index contributed by atoms with van der Waals surface area (Å²) in [5.74, 6) is 0. The van der Waals surface area contributed by atoms with E-state index < -0.39 is 0 Å². The molecule has 0 bridgehead atoms. The SMILES string of the molecule is CCC(C)(C)N1CC(NCCN)C2(CC2)C1. The maximum atomic E-state index is 5.59. The van der Waals surface area contributed by atoms with Crippen LogP contribution in [-0.2, 0) is 0 Å². The van der Waals surface area contributed by atoms with E-state index in [-0.39, 0.29) is 0 Å². The molecule has 0 aromatic rings. The second-order valence-electron chi connectivity index (χ2n) is 6.20. The average Bonchev–Trinajstić information content (AvgIpc) is 2.92. The lowest BCUT2D eigenvalue weighted by Gasteiger charge is -2.35. The molecule has 1 unspecified atom stereocenters. The van der Waals surface area contributed by atoms with Crippen LogP contribution in [0.25, 0.3) is 0 Å². The summed E-state index contributed by atoms with van der Waals surface area (Å²) in [4.78, 5) is 2.67. The Labute approximate surface area is 99.8 Å². The van der Waals surface area contributed by atoms with E-state index in [2.05, 4.69) is 31.0 Å². The van der Waals surface area contributed by atoms with Crippen LogP contribution in [0.2, 0.25) is 0 Å². The van der Waals surface area contributed by atoms with Crippen LogP contribution < -0.4 is 11.1 Å². The van der Waals surface area contributed by atoms with Gasteiger partial charge < -0.3 is 11.1 Å². The van der Waals surface area contributed by atoms with Gasteiger partial charge in [-0.1, -0.05) is 6.92 Å². The smallest absolute Gasteiger partial charge is 0.0264 e. The summed E-state index contributed by atoms with van der Waals surface area (Å²) in [5.41, 5.74) is 6.54. The van der Waals surface area contributed by atoms with Gasteiger partial charge in [-0.3, -0.25) is 4.90 Å². The standard InChI is InChI=1S/C13H27N3/c1-4-12(2,3)16-9-11(15-8-7-14)13(10-16)5-6-13/h11,15H,4-10,14H2,1-3H3. The monoisotopic (exact) mass is 225 g/mol. The van der Waals surface area contributed by atoms with E-state index in [0.29, 0.717) is 17.0 Å². The van der Waals surface area contributed by atoms with Crippen LogP contribution in [0.4, 0.5) is 0 Å². The van der Waals surface area contributed by atoms with Gasteiger partial charge in [0.15, 0.2) is 0 Å². The van der Waals surface area contributed by atoms with E-state index in [1.165, 1.54) is 32.4 Å². The summed E-state index contributed by atoms with van der Waals surface area (Å²) < 4.78 is 0. The lowest BCUT2D eigenvalue weighted by molar-refractivity contribution is 0.141. The Morgan fingerprint density at radius 2 is 2.12 bits per heavy atom. The average molecular weight is 225 g/mol. The number of nitrogens with one attached hydrogen (secondary N) is 1. The first-order chi connectivity index (χ1) is 7.54. The minimum absolute atomic E-state index is 0.356. The molecule has 1 aliphatic heterocycles. The summed E-state index contributed by atoms with van der Waals surface area (Å²) in [6.45, 7) is 11.2. The predicted octanol–water partition coefficient (Wildman–Crippen LogP) is 1.19. The Bertz CT molecular complexity index is 246. The van der Waals surface area contributed by atoms with E-state index in [1.54, 1.807) is 0 Å². The fourth-order valence-corrected chi connectivity index (χ4v) is 2.86. The molecule has 1 aliphatic carbocycles. The largest absolute Gasteiger partial charge is 0.329 e. The first-order valence-electron chi connectivity index (χ1n) is 6.72. The fraction of sp³-hybridized carbons (Fsp3) is 1.00. The molecule has 0 amide bonds. The second-order valence-corrected chi connectivity index (χ2v) is 6.20. The zero-order valence-electron chi connectivity index (χ0n) is 11.1. The molecule has 1 saturated heterocycles. The van der Waals surface area contributed by atoms with Crippen LogP contribution in [0.15, 0.2) is 0 Å². The molecule has 94 valence electrons. The van der Waals surface area contributed by atoms with Gasteiger partial charge in [0, 0.05) is 37.8 Å². The Balaban J connectivity index is 1.97. The van der Waals surface area contributed by atoms with Crippen molar-refractivity contribution in [3.63, 3.8) is 0 Å². The molecule has 0 radical (unpaired) electrons. The van der Waals surface area contributed by atoms with Crippen LogP contribution >= 0.6 is 0 Å². The Hall–Kier alpha value is -0.120. The molecule has 1 atom stereocenters. The van der Waals surface area contributed by atoms with Gasteiger partial charge in [0.1, 0.15) is 0 Å². The number of hydrogen-bond acceptors (Lipinski definition) is 3. The molecule has 1 spiro atoms. The number of rotatable bonds is 5. The second kappa shape index (κ2) is 4.28. The minimum atomic E-state index is 0.356. The summed E-state index contributed by atoms with van der Waals surface area (Å²) >= 11 is 0. The van der Waals surface area contributed by atoms with Gasteiger partial charge in [-0.2, -0.15) is 0 Å².